The number of amides is 2. The summed E-state index contributed by atoms with van der Waals surface area (Å²) in [5.74, 6) is -0.604. The highest BCUT2D eigenvalue weighted by Gasteiger charge is 2.14. The Hall–Kier alpha value is -1.30. The van der Waals surface area contributed by atoms with Crippen LogP contribution in [0.25, 0.3) is 0 Å². The molecule has 0 saturated carbocycles. The summed E-state index contributed by atoms with van der Waals surface area (Å²) in [4.78, 5) is 26.4. The quantitative estimate of drug-likeness (QED) is 0.703. The van der Waals surface area contributed by atoms with Gasteiger partial charge in [0, 0.05) is 33.1 Å². The molecule has 0 bridgehead atoms. The molecular weight excluding hydrogens is 258 g/mol. The molecule has 6 heteroatoms. The fourth-order valence-corrected chi connectivity index (χ4v) is 2.27. The number of hydrogen-bond acceptors (Lipinski definition) is 3. The summed E-state index contributed by atoms with van der Waals surface area (Å²) in [6.07, 6.45) is 3.27. The van der Waals surface area contributed by atoms with E-state index in [4.69, 9.17) is 5.11 Å². The number of aliphatic carboxylic acids is 1. The smallest absolute Gasteiger partial charge is 0.317 e. The highest BCUT2D eigenvalue weighted by Crippen LogP contribution is 2.07. The topological polar surface area (TPSA) is 72.9 Å². The van der Waals surface area contributed by atoms with Gasteiger partial charge < -0.3 is 20.2 Å². The van der Waals surface area contributed by atoms with Crippen LogP contribution in [-0.2, 0) is 4.79 Å². The molecule has 0 radical (unpaired) electrons. The molecule has 6 nitrogen and oxygen atoms in total. The number of carboxylic acids is 1. The third kappa shape index (κ3) is 6.75. The Morgan fingerprint density at radius 3 is 2.60 bits per heavy atom. The number of nitrogens with zero attached hydrogens (tertiary/aromatic N) is 2. The summed E-state index contributed by atoms with van der Waals surface area (Å²) < 4.78 is 0. The van der Waals surface area contributed by atoms with Gasteiger partial charge in [-0.2, -0.15) is 0 Å². The fourth-order valence-electron chi connectivity index (χ4n) is 2.27. The average Bonchev–Trinajstić information content (AvgIpc) is 2.92. The molecule has 0 spiro atoms. The first kappa shape index (κ1) is 16.8. The predicted molar refractivity (Wildman–Crippen MR) is 77.7 cm³/mol. The van der Waals surface area contributed by atoms with Crippen LogP contribution in [-0.4, -0.2) is 66.7 Å². The van der Waals surface area contributed by atoms with Crippen molar-refractivity contribution in [1.29, 1.82) is 0 Å². The van der Waals surface area contributed by atoms with Crippen LogP contribution in [0.4, 0.5) is 4.79 Å². The molecule has 1 aliphatic rings. The van der Waals surface area contributed by atoms with Gasteiger partial charge in [-0.15, -0.1) is 0 Å². The molecule has 0 aromatic heterocycles. The van der Waals surface area contributed by atoms with E-state index in [0.717, 1.165) is 26.2 Å². The van der Waals surface area contributed by atoms with Gasteiger partial charge in [0.25, 0.3) is 0 Å². The van der Waals surface area contributed by atoms with Crippen LogP contribution in [0.5, 0.6) is 0 Å². The van der Waals surface area contributed by atoms with Gasteiger partial charge in [0.15, 0.2) is 0 Å². The fraction of sp³-hybridized carbons (Fsp3) is 0.857. The first-order valence-electron chi connectivity index (χ1n) is 7.42. The number of urea groups is 1. The van der Waals surface area contributed by atoms with Crippen LogP contribution in [0, 0.1) is 5.92 Å². The van der Waals surface area contributed by atoms with Gasteiger partial charge in [0.2, 0.25) is 0 Å². The van der Waals surface area contributed by atoms with Gasteiger partial charge in [-0.1, -0.05) is 6.92 Å². The van der Waals surface area contributed by atoms with E-state index < -0.39 is 5.97 Å². The van der Waals surface area contributed by atoms with Crippen LogP contribution in [0.3, 0.4) is 0 Å². The number of rotatable bonds is 8. The van der Waals surface area contributed by atoms with Gasteiger partial charge in [0.05, 0.1) is 0 Å². The molecule has 0 aromatic rings. The summed E-state index contributed by atoms with van der Waals surface area (Å²) in [6, 6.07) is -0.0774. The number of hydrogen-bond donors (Lipinski definition) is 2. The maximum atomic E-state index is 11.9. The van der Waals surface area contributed by atoms with Crippen molar-refractivity contribution in [3.05, 3.63) is 0 Å². The SMILES string of the molecule is CC(CCC(=O)O)CNC(=O)N(C)CCN1CCCC1. The van der Waals surface area contributed by atoms with Crippen molar-refractivity contribution in [1.82, 2.24) is 15.1 Å². The van der Waals surface area contributed by atoms with Gasteiger partial charge in [0.1, 0.15) is 0 Å². The lowest BCUT2D eigenvalue weighted by Crippen LogP contribution is -2.42. The van der Waals surface area contributed by atoms with E-state index in [2.05, 4.69) is 10.2 Å². The molecule has 1 aliphatic heterocycles. The molecule has 2 amide bonds. The highest BCUT2D eigenvalue weighted by molar-refractivity contribution is 5.73. The van der Waals surface area contributed by atoms with Crippen LogP contribution in [0.15, 0.2) is 0 Å². The maximum absolute atomic E-state index is 11.9. The zero-order valence-corrected chi connectivity index (χ0v) is 12.6. The second kappa shape index (κ2) is 8.79. The minimum atomic E-state index is -0.786. The molecule has 20 heavy (non-hydrogen) atoms. The first-order valence-corrected chi connectivity index (χ1v) is 7.42. The predicted octanol–water partition coefficient (Wildman–Crippen LogP) is 1.22. The summed E-state index contributed by atoms with van der Waals surface area (Å²) in [6.45, 7) is 6.42. The van der Waals surface area contributed by atoms with E-state index in [9.17, 15) is 9.59 Å². The Balaban J connectivity index is 2.12. The highest BCUT2D eigenvalue weighted by atomic mass is 16.4. The first-order chi connectivity index (χ1) is 9.49. The normalized spacial score (nSPS) is 16.9. The molecule has 1 fully saturated rings. The van der Waals surface area contributed by atoms with Crippen molar-refractivity contribution >= 4 is 12.0 Å². The Labute approximate surface area is 121 Å². The Kier molecular flexibility index (Phi) is 7.36. The molecule has 1 atom stereocenters. The molecule has 116 valence electrons. The standard InChI is InChI=1S/C14H27N3O3/c1-12(5-6-13(18)19)11-15-14(20)16(2)9-10-17-7-3-4-8-17/h12H,3-11H2,1-2H3,(H,15,20)(H,18,19). The Morgan fingerprint density at radius 1 is 1.35 bits per heavy atom. The lowest BCUT2D eigenvalue weighted by atomic mass is 10.1. The largest absolute Gasteiger partial charge is 0.481 e. The average molecular weight is 285 g/mol. The molecule has 0 aromatic carbocycles. The van der Waals surface area contributed by atoms with E-state index in [1.165, 1.54) is 12.8 Å². The van der Waals surface area contributed by atoms with E-state index >= 15 is 0 Å². The zero-order valence-electron chi connectivity index (χ0n) is 12.6. The number of nitrogens with one attached hydrogen (secondary N) is 1. The lowest BCUT2D eigenvalue weighted by Gasteiger charge is -2.22. The summed E-state index contributed by atoms with van der Waals surface area (Å²) in [5, 5.41) is 11.5. The second-order valence-corrected chi connectivity index (χ2v) is 5.69. The third-order valence-corrected chi connectivity index (χ3v) is 3.75. The molecular formula is C14H27N3O3. The van der Waals surface area contributed by atoms with Gasteiger partial charge in [-0.3, -0.25) is 4.79 Å². The van der Waals surface area contributed by atoms with Gasteiger partial charge >= 0.3 is 12.0 Å². The summed E-state index contributed by atoms with van der Waals surface area (Å²) in [7, 11) is 1.80. The molecule has 0 aliphatic carbocycles. The monoisotopic (exact) mass is 285 g/mol. The molecule has 1 rings (SSSR count). The van der Waals surface area contributed by atoms with Crippen molar-refractivity contribution in [3.8, 4) is 0 Å². The number of carbonyl (C=O) groups excluding carboxylic acids is 1. The van der Waals surface area contributed by atoms with Crippen molar-refractivity contribution < 1.29 is 14.7 Å². The number of likely N-dealkylation sites (N-methyl/N-ethyl adjacent to an activating group) is 1. The maximum Gasteiger partial charge on any atom is 0.317 e. The van der Waals surface area contributed by atoms with Crippen molar-refractivity contribution in [2.75, 3.05) is 39.8 Å². The van der Waals surface area contributed by atoms with E-state index in [1.54, 1.807) is 11.9 Å². The van der Waals surface area contributed by atoms with E-state index in [-0.39, 0.29) is 18.4 Å². The number of carboxylic acid groups (broad SMARTS) is 1. The van der Waals surface area contributed by atoms with Gasteiger partial charge in [-0.05, 0) is 38.3 Å². The van der Waals surface area contributed by atoms with Crippen molar-refractivity contribution in [2.45, 2.75) is 32.6 Å². The third-order valence-electron chi connectivity index (χ3n) is 3.75. The van der Waals surface area contributed by atoms with E-state index in [1.807, 2.05) is 6.92 Å². The number of likely N-dealkylation sites (tertiary alicyclic amines) is 1. The summed E-state index contributed by atoms with van der Waals surface area (Å²) in [5.41, 5.74) is 0. The zero-order chi connectivity index (χ0) is 15.0. The van der Waals surface area contributed by atoms with E-state index in [0.29, 0.717) is 13.0 Å². The van der Waals surface area contributed by atoms with Crippen LogP contribution in [0.2, 0.25) is 0 Å². The Bertz CT molecular complexity index is 317. The van der Waals surface area contributed by atoms with Gasteiger partial charge in [-0.25, -0.2) is 4.79 Å². The molecule has 1 unspecified atom stereocenters. The molecule has 1 heterocycles. The second-order valence-electron chi connectivity index (χ2n) is 5.69. The van der Waals surface area contributed by atoms with Crippen molar-refractivity contribution in [3.63, 3.8) is 0 Å². The minimum absolute atomic E-state index is 0.0774. The lowest BCUT2D eigenvalue weighted by molar-refractivity contribution is -0.137. The number of carbonyl (C=O) groups is 2. The molecule has 1 saturated heterocycles. The summed E-state index contributed by atoms with van der Waals surface area (Å²) >= 11 is 0. The minimum Gasteiger partial charge on any atom is -0.481 e. The van der Waals surface area contributed by atoms with Crippen molar-refractivity contribution in [2.24, 2.45) is 5.92 Å². The van der Waals surface area contributed by atoms with Crippen LogP contribution in [0.1, 0.15) is 32.6 Å². The van der Waals surface area contributed by atoms with Crippen LogP contribution < -0.4 is 5.32 Å². The molecule has 2 N–H and O–H groups in total. The Morgan fingerprint density at radius 2 is 2.00 bits per heavy atom. The van der Waals surface area contributed by atoms with Crippen LogP contribution >= 0.6 is 0 Å².